The summed E-state index contributed by atoms with van der Waals surface area (Å²) in [5, 5.41) is -0.154. The largest absolute Gasteiger partial charge is 0.325 e. The highest BCUT2D eigenvalue weighted by atomic mass is 32.2. The van der Waals surface area contributed by atoms with Crippen LogP contribution in [0.25, 0.3) is 0 Å². The zero-order chi connectivity index (χ0) is 14.3. The second-order valence-electron chi connectivity index (χ2n) is 7.40. The van der Waals surface area contributed by atoms with Crippen LogP contribution in [0.4, 0.5) is 0 Å². The monoisotopic (exact) mass is 287 g/mol. The Bertz CT molecular complexity index is 408. The maximum absolute atomic E-state index is 11.8. The van der Waals surface area contributed by atoms with Crippen molar-refractivity contribution in [2.24, 2.45) is 23.5 Å². The first-order chi connectivity index (χ1) is 8.71. The van der Waals surface area contributed by atoms with Crippen molar-refractivity contribution in [3.8, 4) is 0 Å². The van der Waals surface area contributed by atoms with Crippen LogP contribution in [0.15, 0.2) is 0 Å². The molecule has 0 bridgehead atoms. The van der Waals surface area contributed by atoms with Crippen LogP contribution in [-0.2, 0) is 9.84 Å². The molecule has 0 spiro atoms. The predicted molar refractivity (Wildman–Crippen MR) is 79.7 cm³/mol. The van der Waals surface area contributed by atoms with Gasteiger partial charge in [0.1, 0.15) is 9.84 Å². The third-order valence-corrected chi connectivity index (χ3v) is 6.95. The molecule has 2 rings (SSSR count). The molecule has 4 heteroatoms. The normalized spacial score (nSPS) is 45.1. The summed E-state index contributed by atoms with van der Waals surface area (Å²) in [7, 11) is -2.91. The van der Waals surface area contributed by atoms with Crippen molar-refractivity contribution in [1.82, 2.24) is 0 Å². The fourth-order valence-corrected chi connectivity index (χ4v) is 5.80. The van der Waals surface area contributed by atoms with Gasteiger partial charge in [-0.25, -0.2) is 8.42 Å². The van der Waals surface area contributed by atoms with E-state index in [1.54, 1.807) is 0 Å². The van der Waals surface area contributed by atoms with Crippen LogP contribution in [0.2, 0.25) is 0 Å². The van der Waals surface area contributed by atoms with Gasteiger partial charge in [0.05, 0.1) is 5.25 Å². The molecular formula is C15H29NO2S. The number of sulfone groups is 1. The quantitative estimate of drug-likeness (QED) is 0.849. The Balaban J connectivity index is 2.12. The zero-order valence-electron chi connectivity index (χ0n) is 12.6. The van der Waals surface area contributed by atoms with Gasteiger partial charge in [-0.2, -0.15) is 0 Å². The third kappa shape index (κ3) is 3.52. The molecule has 0 heterocycles. The van der Waals surface area contributed by atoms with E-state index in [-0.39, 0.29) is 10.8 Å². The van der Waals surface area contributed by atoms with E-state index < -0.39 is 9.84 Å². The van der Waals surface area contributed by atoms with Gasteiger partial charge < -0.3 is 5.73 Å². The predicted octanol–water partition coefficient (Wildman–Crippen LogP) is 2.74. The van der Waals surface area contributed by atoms with E-state index in [4.69, 9.17) is 5.73 Å². The van der Waals surface area contributed by atoms with E-state index in [9.17, 15) is 8.42 Å². The fourth-order valence-electron chi connectivity index (χ4n) is 4.62. The topological polar surface area (TPSA) is 60.2 Å². The smallest absolute Gasteiger partial charge is 0.150 e. The molecule has 3 nitrogen and oxygen atoms in total. The summed E-state index contributed by atoms with van der Waals surface area (Å²) in [5.74, 6) is 1.74. The van der Waals surface area contributed by atoms with Gasteiger partial charge in [-0.05, 0) is 56.3 Å². The van der Waals surface area contributed by atoms with Crippen molar-refractivity contribution in [3.05, 3.63) is 0 Å². The van der Waals surface area contributed by atoms with Crippen molar-refractivity contribution in [3.63, 3.8) is 0 Å². The van der Waals surface area contributed by atoms with Crippen molar-refractivity contribution >= 4 is 9.84 Å². The minimum absolute atomic E-state index is 0.125. The van der Waals surface area contributed by atoms with Crippen LogP contribution in [0, 0.1) is 17.8 Å². The minimum atomic E-state index is -2.91. The SMILES string of the molecule is CC1CC(C)CC(N)(C2CCCC(S(C)(=O)=O)C2)C1. The zero-order valence-corrected chi connectivity index (χ0v) is 13.4. The molecule has 0 aromatic heterocycles. The molecule has 2 saturated carbocycles. The van der Waals surface area contributed by atoms with Crippen LogP contribution in [-0.4, -0.2) is 25.5 Å². The van der Waals surface area contributed by atoms with E-state index in [0.29, 0.717) is 17.8 Å². The maximum Gasteiger partial charge on any atom is 0.150 e. The molecule has 0 aliphatic heterocycles. The van der Waals surface area contributed by atoms with Crippen LogP contribution >= 0.6 is 0 Å². The van der Waals surface area contributed by atoms with Crippen molar-refractivity contribution in [1.29, 1.82) is 0 Å². The Morgan fingerprint density at radius 3 is 2.16 bits per heavy atom. The molecule has 112 valence electrons. The minimum Gasteiger partial charge on any atom is -0.325 e. The van der Waals surface area contributed by atoms with Crippen molar-refractivity contribution in [2.75, 3.05) is 6.26 Å². The molecule has 2 fully saturated rings. The summed E-state index contributed by atoms with van der Waals surface area (Å²) in [6, 6.07) is 0. The number of rotatable bonds is 2. The fraction of sp³-hybridized carbons (Fsp3) is 1.00. The molecule has 2 aliphatic rings. The summed E-state index contributed by atoms with van der Waals surface area (Å²) < 4.78 is 23.6. The van der Waals surface area contributed by atoms with Gasteiger partial charge in [-0.15, -0.1) is 0 Å². The second-order valence-corrected chi connectivity index (χ2v) is 9.73. The Kier molecular flexibility index (Phi) is 4.32. The molecule has 2 N–H and O–H groups in total. The standard InChI is InChI=1S/C15H29NO2S/c1-11-7-12(2)10-15(16,9-11)13-5-4-6-14(8-13)19(3,17)18/h11-14H,4-10,16H2,1-3H3. The van der Waals surface area contributed by atoms with E-state index in [1.165, 1.54) is 12.7 Å². The highest BCUT2D eigenvalue weighted by molar-refractivity contribution is 7.91. The van der Waals surface area contributed by atoms with Gasteiger partial charge >= 0.3 is 0 Å². The number of hydrogen-bond donors (Lipinski definition) is 1. The summed E-state index contributed by atoms with van der Waals surface area (Å²) in [4.78, 5) is 0. The number of hydrogen-bond acceptors (Lipinski definition) is 3. The molecule has 0 aromatic carbocycles. The van der Waals surface area contributed by atoms with E-state index in [0.717, 1.165) is 38.5 Å². The highest BCUT2D eigenvalue weighted by Gasteiger charge is 2.43. The molecule has 4 atom stereocenters. The Hall–Kier alpha value is -0.0900. The Morgan fingerprint density at radius 2 is 1.63 bits per heavy atom. The lowest BCUT2D eigenvalue weighted by Gasteiger charge is -2.47. The first-order valence-electron chi connectivity index (χ1n) is 7.68. The molecule has 0 saturated heterocycles. The lowest BCUT2D eigenvalue weighted by molar-refractivity contribution is 0.0992. The van der Waals surface area contributed by atoms with Crippen LogP contribution in [0.1, 0.15) is 58.8 Å². The van der Waals surface area contributed by atoms with Gasteiger partial charge in [-0.3, -0.25) is 0 Å². The first kappa shape index (κ1) is 15.3. The third-order valence-electron chi connectivity index (χ3n) is 5.31. The second kappa shape index (κ2) is 5.36. The first-order valence-corrected chi connectivity index (χ1v) is 9.64. The molecule has 19 heavy (non-hydrogen) atoms. The lowest BCUT2D eigenvalue weighted by Crippen LogP contribution is -2.54. The molecule has 0 radical (unpaired) electrons. The molecular weight excluding hydrogens is 258 g/mol. The molecule has 2 aliphatic carbocycles. The van der Waals surface area contributed by atoms with Crippen molar-refractivity contribution < 1.29 is 8.42 Å². The van der Waals surface area contributed by atoms with Crippen molar-refractivity contribution in [2.45, 2.75) is 69.6 Å². The van der Waals surface area contributed by atoms with E-state index >= 15 is 0 Å². The maximum atomic E-state index is 11.8. The summed E-state index contributed by atoms with van der Waals surface area (Å²) in [6.07, 6.45) is 8.53. The van der Waals surface area contributed by atoms with Crippen LogP contribution < -0.4 is 5.73 Å². The highest BCUT2D eigenvalue weighted by Crippen LogP contribution is 2.44. The Labute approximate surface area is 118 Å². The van der Waals surface area contributed by atoms with Gasteiger partial charge in [0.15, 0.2) is 0 Å². The summed E-state index contributed by atoms with van der Waals surface area (Å²) in [5.41, 5.74) is 6.60. The van der Waals surface area contributed by atoms with Gasteiger partial charge in [0.2, 0.25) is 0 Å². The molecule has 4 unspecified atom stereocenters. The van der Waals surface area contributed by atoms with Gasteiger partial charge in [0, 0.05) is 11.8 Å². The van der Waals surface area contributed by atoms with E-state index in [2.05, 4.69) is 13.8 Å². The molecule has 0 amide bonds. The lowest BCUT2D eigenvalue weighted by atomic mass is 9.63. The summed E-state index contributed by atoms with van der Waals surface area (Å²) >= 11 is 0. The summed E-state index contributed by atoms with van der Waals surface area (Å²) in [6.45, 7) is 4.57. The average molecular weight is 287 g/mol. The van der Waals surface area contributed by atoms with Crippen LogP contribution in [0.5, 0.6) is 0 Å². The average Bonchev–Trinajstić information content (AvgIpc) is 2.26. The van der Waals surface area contributed by atoms with Crippen LogP contribution in [0.3, 0.4) is 0 Å². The van der Waals surface area contributed by atoms with Gasteiger partial charge in [-0.1, -0.05) is 20.3 Å². The van der Waals surface area contributed by atoms with E-state index in [1.807, 2.05) is 0 Å². The Morgan fingerprint density at radius 1 is 1.05 bits per heavy atom. The number of nitrogens with two attached hydrogens (primary N) is 1. The molecule has 0 aromatic rings. The van der Waals surface area contributed by atoms with Gasteiger partial charge in [0.25, 0.3) is 0 Å².